The Morgan fingerprint density at radius 2 is 1.57 bits per heavy atom. The van der Waals surface area contributed by atoms with Gasteiger partial charge in [0.25, 0.3) is 0 Å². The van der Waals surface area contributed by atoms with Crippen LogP contribution in [-0.4, -0.2) is 39.0 Å². The molecule has 1 rings (SSSR count). The van der Waals surface area contributed by atoms with Crippen LogP contribution in [0.2, 0.25) is 0 Å². The smallest absolute Gasteiger partial charge is 0.423 e. The van der Waals surface area contributed by atoms with Crippen molar-refractivity contribution < 1.29 is 23.8 Å². The molecule has 7 nitrogen and oxygen atoms in total. The van der Waals surface area contributed by atoms with Gasteiger partial charge < -0.3 is 19.5 Å². The molecule has 0 radical (unpaired) electrons. The van der Waals surface area contributed by atoms with E-state index >= 15 is 0 Å². The lowest BCUT2D eigenvalue weighted by molar-refractivity contribution is 0.0592. The van der Waals surface area contributed by atoms with Crippen molar-refractivity contribution in [3.8, 4) is 11.5 Å². The minimum Gasteiger partial charge on any atom is -0.494 e. The van der Waals surface area contributed by atoms with Crippen LogP contribution in [0.3, 0.4) is 0 Å². The second-order valence-electron chi connectivity index (χ2n) is 5.89. The van der Waals surface area contributed by atoms with Crippen LogP contribution in [0.1, 0.15) is 26.3 Å². The van der Waals surface area contributed by atoms with E-state index in [1.54, 1.807) is 32.9 Å². The molecule has 0 unspecified atom stereocenters. The largest absolute Gasteiger partial charge is 0.494 e. The molecule has 0 spiro atoms. The molecular weight excluding hydrogens is 300 g/mol. The average molecular weight is 324 g/mol. The Hall–Kier alpha value is -2.44. The standard InChI is InChI=1S/C16H24N2O5/c1-10-8-11(21-6)13(12(9-10)22-7)18(14(19)17-5)15(20)23-16(2,3)4/h8-9H,1-7H3,(H,17,19). The van der Waals surface area contributed by atoms with Crippen molar-refractivity contribution in [2.75, 3.05) is 26.2 Å². The first-order chi connectivity index (χ1) is 10.6. The quantitative estimate of drug-likeness (QED) is 0.924. The number of nitrogens with one attached hydrogen (secondary N) is 1. The van der Waals surface area contributed by atoms with Gasteiger partial charge in [0.1, 0.15) is 22.8 Å². The summed E-state index contributed by atoms with van der Waals surface area (Å²) in [6.07, 6.45) is -0.822. The van der Waals surface area contributed by atoms with Crippen LogP contribution in [0, 0.1) is 6.92 Å². The highest BCUT2D eigenvalue weighted by Gasteiger charge is 2.33. The minimum atomic E-state index is -0.822. The number of amides is 3. The maximum absolute atomic E-state index is 12.5. The van der Waals surface area contributed by atoms with Gasteiger partial charge in [0.05, 0.1) is 14.2 Å². The molecule has 1 aromatic rings. The van der Waals surface area contributed by atoms with Gasteiger partial charge in [0.15, 0.2) is 0 Å². The van der Waals surface area contributed by atoms with E-state index in [1.807, 2.05) is 6.92 Å². The van der Waals surface area contributed by atoms with Gasteiger partial charge in [0.2, 0.25) is 0 Å². The number of carbonyl (C=O) groups is 2. The third kappa shape index (κ3) is 4.51. The number of nitrogens with zero attached hydrogens (tertiary/aromatic N) is 1. The third-order valence-corrected chi connectivity index (χ3v) is 2.84. The Bertz CT molecular complexity index is 568. The number of anilines is 1. The number of hydrogen-bond acceptors (Lipinski definition) is 5. The van der Waals surface area contributed by atoms with Crippen LogP contribution < -0.4 is 19.7 Å². The van der Waals surface area contributed by atoms with Crippen LogP contribution in [-0.2, 0) is 4.74 Å². The van der Waals surface area contributed by atoms with E-state index in [4.69, 9.17) is 14.2 Å². The highest BCUT2D eigenvalue weighted by molar-refractivity contribution is 6.13. The van der Waals surface area contributed by atoms with Gasteiger partial charge in [-0.1, -0.05) is 0 Å². The van der Waals surface area contributed by atoms with Gasteiger partial charge in [-0.05, 0) is 45.4 Å². The zero-order valence-corrected chi connectivity index (χ0v) is 14.6. The fourth-order valence-corrected chi connectivity index (χ4v) is 1.94. The molecule has 7 heteroatoms. The van der Waals surface area contributed by atoms with Crippen molar-refractivity contribution in [3.05, 3.63) is 17.7 Å². The van der Waals surface area contributed by atoms with E-state index < -0.39 is 17.7 Å². The van der Waals surface area contributed by atoms with Gasteiger partial charge in [-0.15, -0.1) is 0 Å². The number of carbonyl (C=O) groups excluding carboxylic acids is 2. The van der Waals surface area contributed by atoms with Gasteiger partial charge >= 0.3 is 12.1 Å². The Kier molecular flexibility index (Phi) is 5.84. The highest BCUT2D eigenvalue weighted by atomic mass is 16.6. The first kappa shape index (κ1) is 18.6. The van der Waals surface area contributed by atoms with E-state index in [0.29, 0.717) is 11.5 Å². The predicted octanol–water partition coefficient (Wildman–Crippen LogP) is 3.09. The van der Waals surface area contributed by atoms with E-state index in [0.717, 1.165) is 10.5 Å². The molecule has 1 aromatic carbocycles. The summed E-state index contributed by atoms with van der Waals surface area (Å²) in [6, 6.07) is 2.76. The van der Waals surface area contributed by atoms with Crippen molar-refractivity contribution in [1.82, 2.24) is 5.32 Å². The molecule has 128 valence electrons. The molecule has 0 atom stereocenters. The lowest BCUT2D eigenvalue weighted by Gasteiger charge is -2.28. The van der Waals surface area contributed by atoms with Crippen molar-refractivity contribution in [2.24, 2.45) is 0 Å². The van der Waals surface area contributed by atoms with Gasteiger partial charge in [-0.2, -0.15) is 4.90 Å². The first-order valence-electron chi connectivity index (χ1n) is 7.12. The molecule has 3 amide bonds. The molecule has 0 aliphatic carbocycles. The molecule has 0 aromatic heterocycles. The summed E-state index contributed by atoms with van der Waals surface area (Å²) < 4.78 is 16.0. The normalized spacial score (nSPS) is 10.7. The van der Waals surface area contributed by atoms with Gasteiger partial charge in [-0.25, -0.2) is 9.59 Å². The Morgan fingerprint density at radius 3 is 1.91 bits per heavy atom. The Morgan fingerprint density at radius 1 is 1.09 bits per heavy atom. The van der Waals surface area contributed by atoms with Gasteiger partial charge in [0, 0.05) is 7.05 Å². The fourth-order valence-electron chi connectivity index (χ4n) is 1.94. The number of benzene rings is 1. The molecular formula is C16H24N2O5. The third-order valence-electron chi connectivity index (χ3n) is 2.84. The van der Waals surface area contributed by atoms with Crippen LogP contribution in [0.4, 0.5) is 15.3 Å². The second kappa shape index (κ2) is 7.21. The molecule has 0 bridgehead atoms. The van der Waals surface area contributed by atoms with Crippen LogP contribution >= 0.6 is 0 Å². The van der Waals surface area contributed by atoms with Crippen molar-refractivity contribution in [2.45, 2.75) is 33.3 Å². The van der Waals surface area contributed by atoms with Gasteiger partial charge in [-0.3, -0.25) is 0 Å². The van der Waals surface area contributed by atoms with E-state index in [9.17, 15) is 9.59 Å². The molecule has 0 aliphatic rings. The topological polar surface area (TPSA) is 77.1 Å². The number of urea groups is 1. The number of methoxy groups -OCH3 is 2. The fraction of sp³-hybridized carbons (Fsp3) is 0.500. The van der Waals surface area contributed by atoms with Crippen LogP contribution in [0.15, 0.2) is 12.1 Å². The summed E-state index contributed by atoms with van der Waals surface area (Å²) in [5, 5.41) is 2.42. The summed E-state index contributed by atoms with van der Waals surface area (Å²) in [7, 11) is 4.33. The van der Waals surface area contributed by atoms with Crippen molar-refractivity contribution in [1.29, 1.82) is 0 Å². The number of imide groups is 1. The van der Waals surface area contributed by atoms with E-state index in [-0.39, 0.29) is 5.69 Å². The molecule has 0 aliphatic heterocycles. The highest BCUT2D eigenvalue weighted by Crippen LogP contribution is 2.39. The maximum atomic E-state index is 12.5. The average Bonchev–Trinajstić information content (AvgIpc) is 2.45. The summed E-state index contributed by atoms with van der Waals surface area (Å²) >= 11 is 0. The second-order valence-corrected chi connectivity index (χ2v) is 5.89. The molecule has 0 saturated carbocycles. The number of rotatable bonds is 3. The number of hydrogen-bond donors (Lipinski definition) is 1. The molecule has 23 heavy (non-hydrogen) atoms. The van der Waals surface area contributed by atoms with Crippen molar-refractivity contribution >= 4 is 17.8 Å². The molecule has 0 heterocycles. The SMILES string of the molecule is CNC(=O)N(C(=O)OC(C)(C)C)c1c(OC)cc(C)cc1OC. The lowest BCUT2D eigenvalue weighted by atomic mass is 10.1. The number of ether oxygens (including phenoxy) is 3. The molecule has 0 fully saturated rings. The Labute approximate surface area is 136 Å². The molecule has 0 saturated heterocycles. The number of aryl methyl sites for hydroxylation is 1. The van der Waals surface area contributed by atoms with Crippen molar-refractivity contribution in [3.63, 3.8) is 0 Å². The zero-order valence-electron chi connectivity index (χ0n) is 14.6. The molecule has 1 N–H and O–H groups in total. The monoisotopic (exact) mass is 324 g/mol. The van der Waals surface area contributed by atoms with Crippen LogP contribution in [0.25, 0.3) is 0 Å². The van der Waals surface area contributed by atoms with E-state index in [1.165, 1.54) is 21.3 Å². The summed E-state index contributed by atoms with van der Waals surface area (Å²) in [5.74, 6) is 0.660. The summed E-state index contributed by atoms with van der Waals surface area (Å²) in [5.41, 5.74) is 0.298. The lowest BCUT2D eigenvalue weighted by Crippen LogP contribution is -2.45. The van der Waals surface area contributed by atoms with Crippen LogP contribution in [0.5, 0.6) is 11.5 Å². The Balaban J connectivity index is 3.49. The zero-order chi connectivity index (χ0) is 17.8. The maximum Gasteiger partial charge on any atom is 0.423 e. The first-order valence-corrected chi connectivity index (χ1v) is 7.12. The summed E-state index contributed by atoms with van der Waals surface area (Å²) in [6.45, 7) is 7.01. The predicted molar refractivity (Wildman–Crippen MR) is 87.5 cm³/mol. The minimum absolute atomic E-state index is 0.189. The summed E-state index contributed by atoms with van der Waals surface area (Å²) in [4.78, 5) is 25.6. The van der Waals surface area contributed by atoms with E-state index in [2.05, 4.69) is 5.32 Å².